The number of fused-ring (bicyclic) bond motifs is 2. The molecule has 0 aliphatic carbocycles. The molecule has 0 saturated heterocycles. The summed E-state index contributed by atoms with van der Waals surface area (Å²) >= 11 is 0. The molecule has 1 atom stereocenters. The lowest BCUT2D eigenvalue weighted by molar-refractivity contribution is 0.156. The van der Waals surface area contributed by atoms with E-state index in [9.17, 15) is 0 Å². The van der Waals surface area contributed by atoms with E-state index in [4.69, 9.17) is 18.9 Å². The average molecular weight is 226 g/mol. The molecule has 0 aromatic heterocycles. The Labute approximate surface area is 89.7 Å². The van der Waals surface area contributed by atoms with Crippen LogP contribution in [0.1, 0.15) is 0 Å². The van der Waals surface area contributed by atoms with Crippen LogP contribution in [0.3, 0.4) is 0 Å². The van der Waals surface area contributed by atoms with Gasteiger partial charge in [-0.15, -0.1) is 0 Å². The van der Waals surface area contributed by atoms with Crippen LogP contribution in [0.15, 0.2) is 6.07 Å². The second-order valence-electron chi connectivity index (χ2n) is 3.34. The zero-order valence-electron chi connectivity index (χ0n) is 8.12. The Balaban J connectivity index is 2.16. The molecule has 0 bridgehead atoms. The van der Waals surface area contributed by atoms with Gasteiger partial charge in [-0.05, 0) is 0 Å². The van der Waals surface area contributed by atoms with Gasteiger partial charge in [0.2, 0.25) is 0 Å². The van der Waals surface area contributed by atoms with E-state index in [-0.39, 0.29) is 0 Å². The fourth-order valence-corrected chi connectivity index (χ4v) is 2.17. The number of hydrogen-bond acceptors (Lipinski definition) is 4. The van der Waals surface area contributed by atoms with E-state index in [1.807, 2.05) is 6.07 Å². The van der Waals surface area contributed by atoms with Crippen LogP contribution in [0.25, 0.3) is 0 Å². The van der Waals surface area contributed by atoms with Crippen LogP contribution in [-0.4, -0.2) is 26.4 Å². The Morgan fingerprint density at radius 3 is 1.80 bits per heavy atom. The molecule has 0 fully saturated rings. The Hall–Kier alpha value is -1.15. The van der Waals surface area contributed by atoms with Gasteiger partial charge in [-0.2, -0.15) is 0 Å². The van der Waals surface area contributed by atoms with Gasteiger partial charge in [0.1, 0.15) is 26.4 Å². The summed E-state index contributed by atoms with van der Waals surface area (Å²) in [5.74, 6) is 2.96. The number of rotatable bonds is 0. The molecular weight excluding hydrogens is 215 g/mol. The average Bonchev–Trinajstić information content (AvgIpc) is 2.30. The molecule has 15 heavy (non-hydrogen) atoms. The zero-order chi connectivity index (χ0) is 10.3. The number of ether oxygens (including phenoxy) is 4. The lowest BCUT2D eigenvalue weighted by Crippen LogP contribution is -2.24. The Morgan fingerprint density at radius 2 is 1.27 bits per heavy atom. The summed E-state index contributed by atoms with van der Waals surface area (Å²) < 4.78 is 22.1. The van der Waals surface area contributed by atoms with Gasteiger partial charge in [-0.1, -0.05) is 9.24 Å². The maximum atomic E-state index is 5.54. The number of hydrogen-bond donors (Lipinski definition) is 0. The molecule has 0 spiro atoms. The molecule has 5 heteroatoms. The number of benzene rings is 1. The van der Waals surface area contributed by atoms with Crippen LogP contribution in [-0.2, 0) is 0 Å². The third-order valence-electron chi connectivity index (χ3n) is 2.37. The summed E-state index contributed by atoms with van der Waals surface area (Å²) in [4.78, 5) is 0. The second kappa shape index (κ2) is 3.46. The molecule has 3 rings (SSSR count). The summed E-state index contributed by atoms with van der Waals surface area (Å²) in [7, 11) is 2.62. The van der Waals surface area contributed by atoms with Crippen molar-refractivity contribution in [1.29, 1.82) is 0 Å². The van der Waals surface area contributed by atoms with Crippen molar-refractivity contribution in [3.8, 4) is 23.0 Å². The summed E-state index contributed by atoms with van der Waals surface area (Å²) in [5, 5.41) is 0.877. The molecule has 4 nitrogen and oxygen atoms in total. The smallest absolute Gasteiger partial charge is 0.172 e. The summed E-state index contributed by atoms with van der Waals surface area (Å²) in [6, 6.07) is 1.83. The maximum absolute atomic E-state index is 5.54. The first-order chi connectivity index (χ1) is 7.36. The Bertz CT molecular complexity index is 371. The van der Waals surface area contributed by atoms with Crippen molar-refractivity contribution in [3.05, 3.63) is 6.07 Å². The van der Waals surface area contributed by atoms with Crippen molar-refractivity contribution in [2.24, 2.45) is 0 Å². The summed E-state index contributed by atoms with van der Waals surface area (Å²) in [5.41, 5.74) is 0. The van der Waals surface area contributed by atoms with Gasteiger partial charge in [-0.25, -0.2) is 0 Å². The van der Waals surface area contributed by atoms with E-state index < -0.39 is 0 Å². The van der Waals surface area contributed by atoms with Gasteiger partial charge in [0.05, 0.1) is 5.30 Å². The van der Waals surface area contributed by atoms with Crippen molar-refractivity contribution in [3.63, 3.8) is 0 Å². The van der Waals surface area contributed by atoms with Gasteiger partial charge in [0.15, 0.2) is 23.0 Å². The minimum Gasteiger partial charge on any atom is -0.486 e. The molecule has 1 aromatic carbocycles. The third-order valence-corrected chi connectivity index (χ3v) is 2.90. The molecule has 1 aromatic rings. The zero-order valence-corrected chi connectivity index (χ0v) is 9.27. The largest absolute Gasteiger partial charge is 0.486 e. The van der Waals surface area contributed by atoms with Crippen LogP contribution in [0.4, 0.5) is 0 Å². The highest BCUT2D eigenvalue weighted by molar-refractivity contribution is 7.28. The Morgan fingerprint density at radius 1 is 0.800 bits per heavy atom. The van der Waals surface area contributed by atoms with Crippen LogP contribution < -0.4 is 24.3 Å². The standard InChI is InChI=1S/C10H11O4P/c15-10-8-6(11-1-3-13-8)5-7-9(10)14-4-2-12-7/h5H,1-4,15H2. The topological polar surface area (TPSA) is 36.9 Å². The van der Waals surface area contributed by atoms with Crippen molar-refractivity contribution < 1.29 is 18.9 Å². The lowest BCUT2D eigenvalue weighted by Gasteiger charge is -2.26. The van der Waals surface area contributed by atoms with Gasteiger partial charge in [-0.3, -0.25) is 0 Å². The van der Waals surface area contributed by atoms with E-state index in [2.05, 4.69) is 9.24 Å². The molecule has 2 aliphatic rings. The van der Waals surface area contributed by atoms with E-state index in [0.29, 0.717) is 26.4 Å². The van der Waals surface area contributed by atoms with Gasteiger partial charge < -0.3 is 18.9 Å². The van der Waals surface area contributed by atoms with E-state index in [0.717, 1.165) is 28.3 Å². The molecule has 1 unspecified atom stereocenters. The molecule has 80 valence electrons. The molecule has 2 heterocycles. The van der Waals surface area contributed by atoms with E-state index in [1.54, 1.807) is 0 Å². The highest BCUT2D eigenvalue weighted by Gasteiger charge is 2.24. The minimum atomic E-state index is 0.577. The SMILES string of the molecule is Pc1c2c(cc3c1OCCO3)OCCO2. The summed E-state index contributed by atoms with van der Waals surface area (Å²) in [6.45, 7) is 2.32. The minimum absolute atomic E-state index is 0.577. The lowest BCUT2D eigenvalue weighted by atomic mass is 10.2. The van der Waals surface area contributed by atoms with E-state index in [1.165, 1.54) is 0 Å². The fourth-order valence-electron chi connectivity index (χ4n) is 1.72. The molecular formula is C10H11O4P. The maximum Gasteiger partial charge on any atom is 0.172 e. The predicted octanol–water partition coefficient (Wildman–Crippen LogP) is 0.729. The molecule has 0 amide bonds. The van der Waals surface area contributed by atoms with Crippen LogP contribution in [0.2, 0.25) is 0 Å². The molecule has 0 radical (unpaired) electrons. The van der Waals surface area contributed by atoms with E-state index >= 15 is 0 Å². The van der Waals surface area contributed by atoms with Crippen LogP contribution in [0.5, 0.6) is 23.0 Å². The normalized spacial score (nSPS) is 17.4. The highest BCUT2D eigenvalue weighted by atomic mass is 31.0. The Kier molecular flexibility index (Phi) is 2.10. The van der Waals surface area contributed by atoms with Gasteiger partial charge in [0.25, 0.3) is 0 Å². The van der Waals surface area contributed by atoms with Gasteiger partial charge >= 0.3 is 0 Å². The third kappa shape index (κ3) is 1.40. The van der Waals surface area contributed by atoms with Crippen molar-refractivity contribution in [1.82, 2.24) is 0 Å². The summed E-state index contributed by atoms with van der Waals surface area (Å²) in [6.07, 6.45) is 0. The van der Waals surface area contributed by atoms with Crippen LogP contribution in [0, 0.1) is 0 Å². The first kappa shape index (κ1) is 9.10. The second-order valence-corrected chi connectivity index (χ2v) is 3.92. The van der Waals surface area contributed by atoms with Crippen molar-refractivity contribution >= 4 is 14.5 Å². The van der Waals surface area contributed by atoms with Crippen molar-refractivity contribution in [2.75, 3.05) is 26.4 Å². The van der Waals surface area contributed by atoms with Crippen molar-refractivity contribution in [2.45, 2.75) is 0 Å². The van der Waals surface area contributed by atoms with Gasteiger partial charge in [0, 0.05) is 6.07 Å². The molecule has 2 aliphatic heterocycles. The highest BCUT2D eigenvalue weighted by Crippen LogP contribution is 2.41. The predicted molar refractivity (Wildman–Crippen MR) is 57.8 cm³/mol. The van der Waals surface area contributed by atoms with Crippen LogP contribution >= 0.6 is 9.24 Å². The fraction of sp³-hybridized carbons (Fsp3) is 0.400. The first-order valence-corrected chi connectivity index (χ1v) is 5.41. The molecule has 0 N–H and O–H groups in total. The first-order valence-electron chi connectivity index (χ1n) is 4.84. The quantitative estimate of drug-likeness (QED) is 0.611. The monoisotopic (exact) mass is 226 g/mol. The molecule has 0 saturated carbocycles.